The van der Waals surface area contributed by atoms with Gasteiger partial charge in [-0.05, 0) is 23.8 Å². The Balaban J connectivity index is 2.06. The van der Waals surface area contributed by atoms with Crippen LogP contribution in [0, 0.1) is 0 Å². The average Bonchev–Trinajstić information content (AvgIpc) is 2.46. The molecule has 2 rings (SSSR count). The molecule has 0 aromatic heterocycles. The molecule has 0 aliphatic carbocycles. The van der Waals surface area contributed by atoms with E-state index in [1.165, 1.54) is 11.0 Å². The van der Waals surface area contributed by atoms with E-state index in [2.05, 4.69) is 0 Å². The van der Waals surface area contributed by atoms with E-state index in [1.54, 1.807) is 30.3 Å². The summed E-state index contributed by atoms with van der Waals surface area (Å²) < 4.78 is 5.09. The van der Waals surface area contributed by atoms with Crippen LogP contribution in [0.25, 0.3) is 6.08 Å². The molecule has 1 heterocycles. The van der Waals surface area contributed by atoms with E-state index >= 15 is 0 Å². The molecule has 1 amide bonds. The maximum absolute atomic E-state index is 12.0. The molecule has 0 spiro atoms. The van der Waals surface area contributed by atoms with Crippen LogP contribution in [0.2, 0.25) is 5.02 Å². The number of carbonyl (C=O) groups excluding carboxylic acids is 1. The number of nitrogens with zero attached hydrogens (tertiary/aromatic N) is 1. The van der Waals surface area contributed by atoms with Crippen molar-refractivity contribution >= 4 is 29.6 Å². The monoisotopic (exact) mass is 295 g/mol. The van der Waals surface area contributed by atoms with Crippen molar-refractivity contribution in [2.75, 3.05) is 19.8 Å². The van der Waals surface area contributed by atoms with Crippen LogP contribution in [0.5, 0.6) is 0 Å². The Labute approximate surface area is 121 Å². The van der Waals surface area contributed by atoms with Crippen LogP contribution in [0.1, 0.15) is 5.56 Å². The van der Waals surface area contributed by atoms with Gasteiger partial charge in [0.05, 0.1) is 13.2 Å². The van der Waals surface area contributed by atoms with Crippen molar-refractivity contribution in [3.05, 3.63) is 40.9 Å². The number of ether oxygens (including phenoxy) is 1. The standard InChI is InChI=1S/C14H14ClNO4/c15-11-4-1-10(2-5-11)3-6-13(17)16-7-8-20-9-12(16)14(18)19/h1-6,12H,7-9H2,(H,18,19). The largest absolute Gasteiger partial charge is 0.480 e. The Morgan fingerprint density at radius 1 is 1.35 bits per heavy atom. The van der Waals surface area contributed by atoms with Crippen molar-refractivity contribution < 1.29 is 19.4 Å². The van der Waals surface area contributed by atoms with Gasteiger partial charge in [0.15, 0.2) is 6.04 Å². The molecule has 5 nitrogen and oxygen atoms in total. The molecule has 0 bridgehead atoms. The Bertz CT molecular complexity index is 526. The third-order valence-electron chi connectivity index (χ3n) is 2.98. The predicted octanol–water partition coefficient (Wildman–Crippen LogP) is 1.67. The minimum Gasteiger partial charge on any atom is -0.480 e. The zero-order chi connectivity index (χ0) is 14.5. The first-order valence-electron chi connectivity index (χ1n) is 6.13. The van der Waals surface area contributed by atoms with E-state index < -0.39 is 12.0 Å². The summed E-state index contributed by atoms with van der Waals surface area (Å²) in [5, 5.41) is 9.68. The summed E-state index contributed by atoms with van der Waals surface area (Å²) in [7, 11) is 0. The zero-order valence-electron chi connectivity index (χ0n) is 10.7. The van der Waals surface area contributed by atoms with Gasteiger partial charge in [-0.15, -0.1) is 0 Å². The molecule has 1 aromatic rings. The molecule has 106 valence electrons. The normalized spacial score (nSPS) is 19.2. The molecular weight excluding hydrogens is 282 g/mol. The highest BCUT2D eigenvalue weighted by atomic mass is 35.5. The number of rotatable bonds is 3. The van der Waals surface area contributed by atoms with E-state index in [9.17, 15) is 9.59 Å². The van der Waals surface area contributed by atoms with Crippen LogP contribution in [-0.2, 0) is 14.3 Å². The fourth-order valence-corrected chi connectivity index (χ4v) is 2.04. The van der Waals surface area contributed by atoms with Gasteiger partial charge in [0, 0.05) is 17.6 Å². The second kappa shape index (κ2) is 6.54. The lowest BCUT2D eigenvalue weighted by molar-refractivity contribution is -0.156. The van der Waals surface area contributed by atoms with Crippen molar-refractivity contribution in [3.63, 3.8) is 0 Å². The van der Waals surface area contributed by atoms with Gasteiger partial charge >= 0.3 is 5.97 Å². The molecule has 1 aliphatic rings. The highest BCUT2D eigenvalue weighted by molar-refractivity contribution is 6.30. The van der Waals surface area contributed by atoms with Gasteiger partial charge in [-0.1, -0.05) is 23.7 Å². The van der Waals surface area contributed by atoms with Gasteiger partial charge in [0.2, 0.25) is 5.91 Å². The van der Waals surface area contributed by atoms with E-state index in [0.29, 0.717) is 11.6 Å². The number of halogens is 1. The highest BCUT2D eigenvalue weighted by Gasteiger charge is 2.31. The molecule has 6 heteroatoms. The number of hydrogen-bond donors (Lipinski definition) is 1. The summed E-state index contributed by atoms with van der Waals surface area (Å²) in [6.45, 7) is 0.654. The molecule has 1 fully saturated rings. The third-order valence-corrected chi connectivity index (χ3v) is 3.24. The molecule has 0 radical (unpaired) electrons. The topological polar surface area (TPSA) is 66.8 Å². The Morgan fingerprint density at radius 3 is 2.70 bits per heavy atom. The fraction of sp³-hybridized carbons (Fsp3) is 0.286. The quantitative estimate of drug-likeness (QED) is 0.861. The van der Waals surface area contributed by atoms with E-state index in [-0.39, 0.29) is 19.1 Å². The molecule has 1 aliphatic heterocycles. The fourth-order valence-electron chi connectivity index (χ4n) is 1.91. The molecule has 1 saturated heterocycles. The number of amides is 1. The van der Waals surface area contributed by atoms with Gasteiger partial charge in [0.25, 0.3) is 0 Å². The molecule has 1 atom stereocenters. The minimum atomic E-state index is -1.06. The van der Waals surface area contributed by atoms with Crippen LogP contribution >= 0.6 is 11.6 Å². The van der Waals surface area contributed by atoms with Gasteiger partial charge in [-0.25, -0.2) is 4.79 Å². The van der Waals surface area contributed by atoms with Crippen molar-refractivity contribution in [1.82, 2.24) is 4.90 Å². The van der Waals surface area contributed by atoms with Crippen molar-refractivity contribution in [2.24, 2.45) is 0 Å². The lowest BCUT2D eigenvalue weighted by Gasteiger charge is -2.31. The van der Waals surface area contributed by atoms with Crippen LogP contribution in [0.4, 0.5) is 0 Å². The second-order valence-electron chi connectivity index (χ2n) is 4.35. The summed E-state index contributed by atoms with van der Waals surface area (Å²) in [6.07, 6.45) is 3.00. The number of hydrogen-bond acceptors (Lipinski definition) is 3. The maximum atomic E-state index is 12.0. The lowest BCUT2D eigenvalue weighted by atomic mass is 10.2. The molecule has 20 heavy (non-hydrogen) atoms. The first kappa shape index (κ1) is 14.6. The Hall–Kier alpha value is -1.85. The predicted molar refractivity (Wildman–Crippen MR) is 74.4 cm³/mol. The summed E-state index contributed by atoms with van der Waals surface area (Å²) in [5.41, 5.74) is 0.822. The second-order valence-corrected chi connectivity index (χ2v) is 4.78. The van der Waals surface area contributed by atoms with Crippen molar-refractivity contribution in [3.8, 4) is 0 Å². The van der Waals surface area contributed by atoms with Gasteiger partial charge in [0.1, 0.15) is 0 Å². The smallest absolute Gasteiger partial charge is 0.328 e. The Morgan fingerprint density at radius 2 is 2.05 bits per heavy atom. The number of carbonyl (C=O) groups is 2. The summed E-state index contributed by atoms with van der Waals surface area (Å²) in [6, 6.07) is 6.08. The van der Waals surface area contributed by atoms with E-state index in [0.717, 1.165) is 5.56 Å². The number of aliphatic carboxylic acids is 1. The summed E-state index contributed by atoms with van der Waals surface area (Å²) >= 11 is 5.77. The SMILES string of the molecule is O=C(O)C1COCCN1C(=O)C=Cc1ccc(Cl)cc1. The van der Waals surface area contributed by atoms with Gasteiger partial charge in [-0.3, -0.25) is 4.79 Å². The van der Waals surface area contributed by atoms with Gasteiger partial charge < -0.3 is 14.7 Å². The summed E-state index contributed by atoms with van der Waals surface area (Å²) in [4.78, 5) is 24.4. The molecule has 1 N–H and O–H groups in total. The lowest BCUT2D eigenvalue weighted by Crippen LogP contribution is -2.52. The molecule has 0 saturated carbocycles. The number of morpholine rings is 1. The highest BCUT2D eigenvalue weighted by Crippen LogP contribution is 2.12. The van der Waals surface area contributed by atoms with E-state index in [1.807, 2.05) is 0 Å². The van der Waals surface area contributed by atoms with Crippen molar-refractivity contribution in [1.29, 1.82) is 0 Å². The van der Waals surface area contributed by atoms with Crippen LogP contribution in [-0.4, -0.2) is 47.7 Å². The number of carboxylic acids is 1. The average molecular weight is 296 g/mol. The molecular formula is C14H14ClNO4. The summed E-state index contributed by atoms with van der Waals surface area (Å²) in [5.74, 6) is -1.39. The van der Waals surface area contributed by atoms with Crippen LogP contribution in [0.3, 0.4) is 0 Å². The molecule has 1 unspecified atom stereocenters. The molecule has 1 aromatic carbocycles. The Kier molecular flexibility index (Phi) is 4.76. The van der Waals surface area contributed by atoms with Crippen molar-refractivity contribution in [2.45, 2.75) is 6.04 Å². The first-order chi connectivity index (χ1) is 9.58. The third kappa shape index (κ3) is 3.59. The minimum absolute atomic E-state index is 0.0237. The number of carboxylic acid groups (broad SMARTS) is 1. The number of benzene rings is 1. The van der Waals surface area contributed by atoms with Crippen LogP contribution in [0.15, 0.2) is 30.3 Å². The van der Waals surface area contributed by atoms with E-state index in [4.69, 9.17) is 21.4 Å². The maximum Gasteiger partial charge on any atom is 0.328 e. The van der Waals surface area contributed by atoms with Crippen LogP contribution < -0.4 is 0 Å². The zero-order valence-corrected chi connectivity index (χ0v) is 11.4. The first-order valence-corrected chi connectivity index (χ1v) is 6.50. The van der Waals surface area contributed by atoms with Gasteiger partial charge in [-0.2, -0.15) is 0 Å².